The molecule has 0 fully saturated rings. The number of aryl methyl sites for hydroxylation is 1. The largest absolute Gasteiger partial charge is 0.481 e. The zero-order chi connectivity index (χ0) is 20.0. The number of rotatable bonds is 7. The second-order valence-corrected chi connectivity index (χ2v) is 5.76. The Kier molecular flexibility index (Phi) is 6.43. The molecule has 1 heterocycles. The van der Waals surface area contributed by atoms with Gasteiger partial charge in [-0.3, -0.25) is 4.79 Å². The Bertz CT molecular complexity index is 787. The van der Waals surface area contributed by atoms with Crippen LogP contribution in [-0.4, -0.2) is 26.7 Å². The Morgan fingerprint density at radius 2 is 1.93 bits per heavy atom. The van der Waals surface area contributed by atoms with Gasteiger partial charge >= 0.3 is 18.2 Å². The number of benzene rings is 1. The van der Waals surface area contributed by atoms with Gasteiger partial charge in [-0.1, -0.05) is 6.92 Å². The van der Waals surface area contributed by atoms with Crippen molar-refractivity contribution < 1.29 is 27.9 Å². The molecule has 0 bridgehead atoms. The number of hydrogen-bond donors (Lipinski definition) is 3. The van der Waals surface area contributed by atoms with Crippen molar-refractivity contribution in [2.45, 2.75) is 38.5 Å². The molecule has 0 spiro atoms. The number of amides is 2. The molecule has 0 aliphatic rings. The van der Waals surface area contributed by atoms with Crippen molar-refractivity contribution >= 4 is 17.7 Å². The van der Waals surface area contributed by atoms with Crippen LogP contribution in [0.4, 0.5) is 23.7 Å². The van der Waals surface area contributed by atoms with Crippen LogP contribution in [0, 0.1) is 0 Å². The van der Waals surface area contributed by atoms with E-state index in [-0.39, 0.29) is 18.7 Å². The molecule has 1 unspecified atom stereocenters. The molecule has 1 atom stereocenters. The maximum Gasteiger partial charge on any atom is 0.416 e. The molecule has 10 heteroatoms. The van der Waals surface area contributed by atoms with Gasteiger partial charge in [0.1, 0.15) is 5.82 Å². The normalized spacial score (nSPS) is 12.4. The quantitative estimate of drug-likeness (QED) is 0.679. The number of imidazole rings is 1. The predicted molar refractivity (Wildman–Crippen MR) is 91.1 cm³/mol. The minimum atomic E-state index is -4.44. The highest BCUT2D eigenvalue weighted by Gasteiger charge is 2.30. The van der Waals surface area contributed by atoms with Gasteiger partial charge in [0.2, 0.25) is 0 Å². The molecule has 0 radical (unpaired) electrons. The third-order valence-corrected chi connectivity index (χ3v) is 3.81. The van der Waals surface area contributed by atoms with Crippen molar-refractivity contribution in [3.05, 3.63) is 48.0 Å². The highest BCUT2D eigenvalue weighted by atomic mass is 19.4. The van der Waals surface area contributed by atoms with Crippen LogP contribution < -0.4 is 10.6 Å². The Hall–Kier alpha value is -3.04. The predicted octanol–water partition coefficient (Wildman–Crippen LogP) is 3.65. The van der Waals surface area contributed by atoms with Gasteiger partial charge in [0, 0.05) is 24.6 Å². The van der Waals surface area contributed by atoms with Crippen molar-refractivity contribution in [1.82, 2.24) is 14.9 Å². The summed E-state index contributed by atoms with van der Waals surface area (Å²) in [5.41, 5.74) is -0.593. The first-order valence-electron chi connectivity index (χ1n) is 8.18. The summed E-state index contributed by atoms with van der Waals surface area (Å²) in [6.45, 7) is 2.03. The number of carboxylic acids is 1. The lowest BCUT2D eigenvalue weighted by molar-refractivity contribution is -0.138. The molecular formula is C17H19F3N4O3. The maximum atomic E-state index is 12.6. The van der Waals surface area contributed by atoms with E-state index in [1.165, 1.54) is 6.20 Å². The number of aromatic nitrogens is 2. The maximum absolute atomic E-state index is 12.6. The molecule has 0 saturated heterocycles. The standard InChI is InChI=1S/C17H19F3N4O3/c1-2-13(15-21-8-10-24(15)9-7-14(25)26)23-16(27)22-12-5-3-11(4-6-12)17(18,19)20/h3-6,8,10,13H,2,7,9H2,1H3,(H,25,26)(H2,22,23,27). The number of carbonyl (C=O) groups excluding carboxylic acids is 1. The van der Waals surface area contributed by atoms with Gasteiger partial charge in [-0.15, -0.1) is 0 Å². The first-order chi connectivity index (χ1) is 12.7. The zero-order valence-electron chi connectivity index (χ0n) is 14.5. The van der Waals surface area contributed by atoms with Gasteiger partial charge in [-0.05, 0) is 30.7 Å². The number of hydrogen-bond acceptors (Lipinski definition) is 3. The molecule has 1 aromatic carbocycles. The van der Waals surface area contributed by atoms with E-state index in [0.29, 0.717) is 12.2 Å². The van der Waals surface area contributed by atoms with Crippen molar-refractivity contribution in [3.8, 4) is 0 Å². The van der Waals surface area contributed by atoms with Gasteiger partial charge < -0.3 is 20.3 Å². The molecular weight excluding hydrogens is 365 g/mol. The average Bonchev–Trinajstić information content (AvgIpc) is 3.06. The molecule has 0 saturated carbocycles. The van der Waals surface area contributed by atoms with E-state index in [0.717, 1.165) is 24.3 Å². The number of carbonyl (C=O) groups is 2. The summed E-state index contributed by atoms with van der Waals surface area (Å²) in [6, 6.07) is 3.00. The third-order valence-electron chi connectivity index (χ3n) is 3.81. The summed E-state index contributed by atoms with van der Waals surface area (Å²) in [7, 11) is 0. The number of alkyl halides is 3. The van der Waals surface area contributed by atoms with E-state index in [9.17, 15) is 22.8 Å². The molecule has 0 aliphatic carbocycles. The number of halogens is 3. The SMILES string of the molecule is CCC(NC(=O)Nc1ccc(C(F)(F)F)cc1)c1nccn1CCC(=O)O. The van der Waals surface area contributed by atoms with Gasteiger partial charge in [0.05, 0.1) is 18.0 Å². The van der Waals surface area contributed by atoms with Gasteiger partial charge in [-0.2, -0.15) is 13.2 Å². The number of urea groups is 1. The fourth-order valence-corrected chi connectivity index (χ4v) is 2.45. The van der Waals surface area contributed by atoms with E-state index < -0.39 is 29.8 Å². The van der Waals surface area contributed by atoms with E-state index in [2.05, 4.69) is 15.6 Å². The Morgan fingerprint density at radius 1 is 1.26 bits per heavy atom. The van der Waals surface area contributed by atoms with E-state index in [1.54, 1.807) is 10.8 Å². The van der Waals surface area contributed by atoms with Crippen LogP contribution in [0.2, 0.25) is 0 Å². The molecule has 27 heavy (non-hydrogen) atoms. The number of anilines is 1. The van der Waals surface area contributed by atoms with Crippen molar-refractivity contribution in [1.29, 1.82) is 0 Å². The highest BCUT2D eigenvalue weighted by molar-refractivity contribution is 5.89. The molecule has 2 amide bonds. The molecule has 0 aliphatic heterocycles. The fourth-order valence-electron chi connectivity index (χ4n) is 2.45. The van der Waals surface area contributed by atoms with Crippen LogP contribution in [-0.2, 0) is 17.5 Å². The number of nitrogens with one attached hydrogen (secondary N) is 2. The van der Waals surface area contributed by atoms with Crippen LogP contribution in [0.3, 0.4) is 0 Å². The molecule has 2 aromatic rings. The zero-order valence-corrected chi connectivity index (χ0v) is 14.5. The van der Waals surface area contributed by atoms with Crippen LogP contribution in [0.5, 0.6) is 0 Å². The summed E-state index contributed by atoms with van der Waals surface area (Å²) in [4.78, 5) is 27.1. The Balaban J connectivity index is 2.01. The van der Waals surface area contributed by atoms with Crippen molar-refractivity contribution in [2.24, 2.45) is 0 Å². The lowest BCUT2D eigenvalue weighted by atomic mass is 10.2. The van der Waals surface area contributed by atoms with Crippen LogP contribution in [0.1, 0.15) is 37.2 Å². The average molecular weight is 384 g/mol. The van der Waals surface area contributed by atoms with Crippen molar-refractivity contribution in [2.75, 3.05) is 5.32 Å². The fraction of sp³-hybridized carbons (Fsp3) is 0.353. The third kappa shape index (κ3) is 5.73. The first-order valence-corrected chi connectivity index (χ1v) is 8.18. The van der Waals surface area contributed by atoms with Gasteiger partial charge in [-0.25, -0.2) is 9.78 Å². The second kappa shape index (κ2) is 8.56. The Morgan fingerprint density at radius 3 is 2.48 bits per heavy atom. The summed E-state index contributed by atoms with van der Waals surface area (Å²) in [6.07, 6.45) is -0.908. The van der Waals surface area contributed by atoms with Crippen LogP contribution in [0.25, 0.3) is 0 Å². The number of nitrogens with zero attached hydrogens (tertiary/aromatic N) is 2. The molecule has 1 aromatic heterocycles. The molecule has 2 rings (SSSR count). The lowest BCUT2D eigenvalue weighted by Gasteiger charge is -2.18. The molecule has 7 nitrogen and oxygen atoms in total. The minimum Gasteiger partial charge on any atom is -0.481 e. The van der Waals surface area contributed by atoms with Gasteiger partial charge in [0.25, 0.3) is 0 Å². The summed E-state index contributed by atoms with van der Waals surface area (Å²) >= 11 is 0. The van der Waals surface area contributed by atoms with Crippen LogP contribution >= 0.6 is 0 Å². The number of carboxylic acid groups (broad SMARTS) is 1. The number of aliphatic carboxylic acids is 1. The van der Waals surface area contributed by atoms with Gasteiger partial charge in [0.15, 0.2) is 0 Å². The minimum absolute atomic E-state index is 0.0858. The molecule has 3 N–H and O–H groups in total. The van der Waals surface area contributed by atoms with E-state index in [1.807, 2.05) is 6.92 Å². The Labute approximate surface area is 153 Å². The highest BCUT2D eigenvalue weighted by Crippen LogP contribution is 2.29. The molecule has 146 valence electrons. The lowest BCUT2D eigenvalue weighted by Crippen LogP contribution is -2.34. The van der Waals surface area contributed by atoms with E-state index in [4.69, 9.17) is 5.11 Å². The monoisotopic (exact) mass is 384 g/mol. The van der Waals surface area contributed by atoms with E-state index >= 15 is 0 Å². The summed E-state index contributed by atoms with van der Waals surface area (Å²) in [5, 5.41) is 14.0. The van der Waals surface area contributed by atoms with Crippen LogP contribution in [0.15, 0.2) is 36.7 Å². The second-order valence-electron chi connectivity index (χ2n) is 5.76. The van der Waals surface area contributed by atoms with Crippen molar-refractivity contribution in [3.63, 3.8) is 0 Å². The first kappa shape index (κ1) is 20.3. The topological polar surface area (TPSA) is 96.3 Å². The summed E-state index contributed by atoms with van der Waals surface area (Å²) in [5.74, 6) is -0.447. The smallest absolute Gasteiger partial charge is 0.416 e. The summed E-state index contributed by atoms with van der Waals surface area (Å²) < 4.78 is 39.3.